The van der Waals surface area contributed by atoms with E-state index in [0.29, 0.717) is 5.92 Å². The highest BCUT2D eigenvalue weighted by Crippen LogP contribution is 2.20. The molecule has 1 fully saturated rings. The average molecular weight is 401 g/mol. The molecule has 0 aliphatic carbocycles. The Balaban J connectivity index is 1.49. The molecule has 28 heavy (non-hydrogen) atoms. The fourth-order valence-electron chi connectivity index (χ4n) is 3.78. The van der Waals surface area contributed by atoms with Gasteiger partial charge in [0.05, 0.1) is 32.4 Å². The number of thiocarbonyl (C=S) groups is 1. The summed E-state index contributed by atoms with van der Waals surface area (Å²) < 4.78 is 2.08. The molecule has 3 rings (SSSR count). The second-order valence-electron chi connectivity index (χ2n) is 7.85. The summed E-state index contributed by atoms with van der Waals surface area (Å²) in [5.74, 6) is 0.602. The van der Waals surface area contributed by atoms with E-state index in [9.17, 15) is 0 Å². The zero-order valence-electron chi connectivity index (χ0n) is 17.7. The molecule has 1 atom stereocenters. The van der Waals surface area contributed by atoms with Crippen LogP contribution in [-0.4, -0.2) is 46.0 Å². The van der Waals surface area contributed by atoms with Crippen LogP contribution in [0.5, 0.6) is 0 Å². The lowest BCUT2D eigenvalue weighted by atomic mass is 9.99. The van der Waals surface area contributed by atoms with E-state index in [1.807, 2.05) is 6.20 Å². The summed E-state index contributed by atoms with van der Waals surface area (Å²) in [5, 5.41) is 8.73. The highest BCUT2D eigenvalue weighted by Gasteiger charge is 2.23. The Morgan fingerprint density at radius 3 is 2.46 bits per heavy atom. The predicted octanol–water partition coefficient (Wildman–Crippen LogP) is 2.82. The molecule has 0 saturated carbocycles. The number of hydrogen-bond donors (Lipinski definition) is 2. The molecule has 2 heterocycles. The number of aromatic nitrogens is 2. The minimum atomic E-state index is 0.602. The van der Waals surface area contributed by atoms with Crippen molar-refractivity contribution < 1.29 is 4.90 Å². The monoisotopic (exact) mass is 400 g/mol. The molecule has 1 aliphatic heterocycles. The molecule has 6 heteroatoms. The summed E-state index contributed by atoms with van der Waals surface area (Å²) in [6, 6.07) is 8.70. The van der Waals surface area contributed by atoms with Crippen LogP contribution in [0, 0.1) is 6.92 Å². The lowest BCUT2D eigenvalue weighted by Crippen LogP contribution is -3.13. The molecule has 0 radical (unpaired) electrons. The van der Waals surface area contributed by atoms with Gasteiger partial charge in [-0.05, 0) is 56.1 Å². The molecule has 0 amide bonds. The number of nitrogens with zero attached hydrogens (tertiary/aromatic N) is 3. The second-order valence-corrected chi connectivity index (χ2v) is 8.23. The van der Waals surface area contributed by atoms with Gasteiger partial charge in [0.25, 0.3) is 0 Å². The minimum Gasteiger partial charge on any atom is -0.338 e. The van der Waals surface area contributed by atoms with Crippen LogP contribution >= 0.6 is 12.2 Å². The standard InChI is InChI=1S/C22H33N5S/c1-5-17(3)19-7-9-21(10-8-19)24-22(28)26-13-11-25(12-14-26)16-20-15-23-27(6-2)18(20)4/h7-10,15,17H,5-6,11-14,16H2,1-4H3,(H,24,28)/p+1/t17-/m0/s1. The Kier molecular flexibility index (Phi) is 7.08. The van der Waals surface area contributed by atoms with Gasteiger partial charge in [-0.1, -0.05) is 26.0 Å². The summed E-state index contributed by atoms with van der Waals surface area (Å²) in [5.41, 5.74) is 5.13. The highest BCUT2D eigenvalue weighted by atomic mass is 32.1. The molecule has 0 bridgehead atoms. The first-order valence-corrected chi connectivity index (χ1v) is 10.9. The lowest BCUT2D eigenvalue weighted by molar-refractivity contribution is -0.917. The third-order valence-corrected chi connectivity index (χ3v) is 6.41. The molecule has 0 unspecified atom stereocenters. The smallest absolute Gasteiger partial charge is 0.173 e. The number of rotatable bonds is 6. The van der Waals surface area contributed by atoms with Gasteiger partial charge in [-0.15, -0.1) is 0 Å². The van der Waals surface area contributed by atoms with E-state index in [2.05, 4.69) is 72.0 Å². The Morgan fingerprint density at radius 2 is 1.89 bits per heavy atom. The van der Waals surface area contributed by atoms with E-state index < -0.39 is 0 Å². The molecule has 5 nitrogen and oxygen atoms in total. The van der Waals surface area contributed by atoms with Crippen LogP contribution in [0.2, 0.25) is 0 Å². The van der Waals surface area contributed by atoms with Crippen LogP contribution in [0.3, 0.4) is 0 Å². The van der Waals surface area contributed by atoms with Crippen molar-refractivity contribution in [2.75, 3.05) is 31.5 Å². The molecule has 1 aliphatic rings. The van der Waals surface area contributed by atoms with Gasteiger partial charge in [0.1, 0.15) is 6.54 Å². The van der Waals surface area contributed by atoms with E-state index >= 15 is 0 Å². The van der Waals surface area contributed by atoms with Crippen LogP contribution in [-0.2, 0) is 13.1 Å². The average Bonchev–Trinajstić information content (AvgIpc) is 3.08. The quantitative estimate of drug-likeness (QED) is 0.732. The fraction of sp³-hybridized carbons (Fsp3) is 0.545. The van der Waals surface area contributed by atoms with Crippen molar-refractivity contribution >= 4 is 23.0 Å². The van der Waals surface area contributed by atoms with E-state index in [0.717, 1.165) is 56.5 Å². The first kappa shape index (κ1) is 20.8. The molecule has 1 saturated heterocycles. The van der Waals surface area contributed by atoms with Gasteiger partial charge in [-0.25, -0.2) is 0 Å². The zero-order chi connectivity index (χ0) is 20.1. The molecule has 152 valence electrons. The van der Waals surface area contributed by atoms with Gasteiger partial charge in [0.2, 0.25) is 0 Å². The third kappa shape index (κ3) is 4.92. The van der Waals surface area contributed by atoms with Gasteiger partial charge in [-0.3, -0.25) is 4.68 Å². The first-order chi connectivity index (χ1) is 13.5. The van der Waals surface area contributed by atoms with Crippen LogP contribution in [0.4, 0.5) is 5.69 Å². The molecule has 1 aromatic heterocycles. The summed E-state index contributed by atoms with van der Waals surface area (Å²) >= 11 is 5.66. The van der Waals surface area contributed by atoms with E-state index in [4.69, 9.17) is 12.2 Å². The third-order valence-electron chi connectivity index (χ3n) is 6.05. The zero-order valence-corrected chi connectivity index (χ0v) is 18.5. The highest BCUT2D eigenvalue weighted by molar-refractivity contribution is 7.80. The number of quaternary nitrogens is 1. The van der Waals surface area contributed by atoms with E-state index in [1.165, 1.54) is 16.8 Å². The molecule has 2 aromatic rings. The summed E-state index contributed by atoms with van der Waals surface area (Å²) in [7, 11) is 0. The minimum absolute atomic E-state index is 0.602. The SMILES string of the molecule is CC[C@H](C)c1ccc(NC(=S)N2CC[NH+](Cc3cnn(CC)c3C)CC2)cc1. The lowest BCUT2D eigenvalue weighted by Gasteiger charge is -2.33. The van der Waals surface area contributed by atoms with Crippen LogP contribution in [0.15, 0.2) is 30.5 Å². The van der Waals surface area contributed by atoms with E-state index in [1.54, 1.807) is 4.90 Å². The largest absolute Gasteiger partial charge is 0.338 e. The summed E-state index contributed by atoms with van der Waals surface area (Å²) in [6.45, 7) is 15.0. The number of piperazine rings is 1. The van der Waals surface area contributed by atoms with Crippen LogP contribution in [0.1, 0.15) is 49.9 Å². The van der Waals surface area contributed by atoms with Crippen molar-refractivity contribution in [2.24, 2.45) is 0 Å². The van der Waals surface area contributed by atoms with Crippen molar-refractivity contribution in [1.82, 2.24) is 14.7 Å². The van der Waals surface area contributed by atoms with Crippen molar-refractivity contribution in [3.63, 3.8) is 0 Å². The van der Waals surface area contributed by atoms with Crippen molar-refractivity contribution in [2.45, 2.75) is 53.1 Å². The topological polar surface area (TPSA) is 37.5 Å². The fourth-order valence-corrected chi connectivity index (χ4v) is 4.08. The number of benzene rings is 1. The van der Waals surface area contributed by atoms with Gasteiger partial charge in [0, 0.05) is 23.5 Å². The Labute approximate surface area is 174 Å². The van der Waals surface area contributed by atoms with Gasteiger partial charge in [-0.2, -0.15) is 5.10 Å². The molecule has 2 N–H and O–H groups in total. The predicted molar refractivity (Wildman–Crippen MR) is 120 cm³/mol. The normalized spacial score (nSPS) is 16.2. The van der Waals surface area contributed by atoms with Crippen LogP contribution < -0.4 is 10.2 Å². The number of nitrogens with one attached hydrogen (secondary N) is 2. The van der Waals surface area contributed by atoms with Gasteiger partial charge >= 0.3 is 0 Å². The first-order valence-electron chi connectivity index (χ1n) is 10.5. The molecule has 1 aromatic carbocycles. The van der Waals surface area contributed by atoms with Crippen molar-refractivity contribution in [1.29, 1.82) is 0 Å². The van der Waals surface area contributed by atoms with E-state index in [-0.39, 0.29) is 0 Å². The van der Waals surface area contributed by atoms with Crippen molar-refractivity contribution in [3.8, 4) is 0 Å². The molecule has 0 spiro atoms. The summed E-state index contributed by atoms with van der Waals surface area (Å²) in [6.07, 6.45) is 3.20. The maximum Gasteiger partial charge on any atom is 0.173 e. The van der Waals surface area contributed by atoms with Crippen LogP contribution in [0.25, 0.3) is 0 Å². The Morgan fingerprint density at radius 1 is 1.21 bits per heavy atom. The van der Waals surface area contributed by atoms with Gasteiger partial charge in [0.15, 0.2) is 5.11 Å². The number of anilines is 1. The van der Waals surface area contributed by atoms with Crippen molar-refractivity contribution in [3.05, 3.63) is 47.3 Å². The Hall–Kier alpha value is -1.92. The maximum atomic E-state index is 5.66. The second kappa shape index (κ2) is 9.52. The number of aryl methyl sites for hydroxylation is 1. The Bertz CT molecular complexity index is 775. The van der Waals surface area contributed by atoms with Gasteiger partial charge < -0.3 is 15.1 Å². The summed E-state index contributed by atoms with van der Waals surface area (Å²) in [4.78, 5) is 3.90. The maximum absolute atomic E-state index is 5.66. The molecular formula is C22H34N5S+. The number of hydrogen-bond acceptors (Lipinski definition) is 2. The molecular weight excluding hydrogens is 366 g/mol.